The molecule has 0 unspecified atom stereocenters. The van der Waals surface area contributed by atoms with Crippen molar-refractivity contribution in [1.29, 1.82) is 0 Å². The van der Waals surface area contributed by atoms with Crippen molar-refractivity contribution in [3.8, 4) is 17.4 Å². The largest absolute Gasteiger partial charge is 0.439 e. The van der Waals surface area contributed by atoms with Crippen LogP contribution in [0.4, 0.5) is 14.5 Å². The first kappa shape index (κ1) is 22.3. The number of hydrogen-bond donors (Lipinski definition) is 1. The summed E-state index contributed by atoms with van der Waals surface area (Å²) in [6.07, 6.45) is 1.66. The minimum Gasteiger partial charge on any atom is -0.439 e. The van der Waals surface area contributed by atoms with E-state index >= 15 is 0 Å². The van der Waals surface area contributed by atoms with Gasteiger partial charge in [0.1, 0.15) is 35.4 Å². The van der Waals surface area contributed by atoms with Crippen molar-refractivity contribution in [3.05, 3.63) is 83.7 Å². The van der Waals surface area contributed by atoms with Crippen LogP contribution in [0.15, 0.2) is 59.8 Å². The van der Waals surface area contributed by atoms with Crippen LogP contribution in [0.25, 0.3) is 5.82 Å². The van der Waals surface area contributed by atoms with E-state index in [-0.39, 0.29) is 11.6 Å². The number of nitrogens with one attached hydrogen (secondary N) is 1. The molecule has 2 heterocycles. The van der Waals surface area contributed by atoms with Gasteiger partial charge in [-0.1, -0.05) is 6.07 Å². The summed E-state index contributed by atoms with van der Waals surface area (Å²) in [5.74, 6) is -0.625. The molecular weight excluding hydrogens is 452 g/mol. The fraction of sp³-hybridized carbons (Fsp3) is 0.136. The van der Waals surface area contributed by atoms with E-state index in [9.17, 15) is 17.2 Å². The van der Waals surface area contributed by atoms with Crippen LogP contribution in [-0.2, 0) is 10.0 Å². The van der Waals surface area contributed by atoms with E-state index in [1.54, 1.807) is 19.3 Å². The van der Waals surface area contributed by atoms with Crippen LogP contribution in [-0.4, -0.2) is 27.9 Å². The number of imidazole rings is 1. The summed E-state index contributed by atoms with van der Waals surface area (Å²) >= 11 is 0. The maximum Gasteiger partial charge on any atom is 0.267 e. The molecule has 0 aliphatic carbocycles. The van der Waals surface area contributed by atoms with Gasteiger partial charge in [-0.25, -0.2) is 27.2 Å². The van der Waals surface area contributed by atoms with Gasteiger partial charge in [0.2, 0.25) is 5.88 Å². The summed E-state index contributed by atoms with van der Waals surface area (Å²) in [6, 6.07) is 10.3. The van der Waals surface area contributed by atoms with Crippen molar-refractivity contribution in [2.24, 2.45) is 0 Å². The third-order valence-corrected chi connectivity index (χ3v) is 6.25. The van der Waals surface area contributed by atoms with Crippen LogP contribution in [0.1, 0.15) is 17.2 Å². The highest BCUT2D eigenvalue weighted by Gasteiger charge is 2.23. The number of rotatable bonds is 6. The van der Waals surface area contributed by atoms with Crippen molar-refractivity contribution in [3.63, 3.8) is 0 Å². The number of halogens is 2. The van der Waals surface area contributed by atoms with Crippen molar-refractivity contribution in [2.45, 2.75) is 25.7 Å². The maximum absolute atomic E-state index is 13.9. The third-order valence-electron chi connectivity index (χ3n) is 4.82. The summed E-state index contributed by atoms with van der Waals surface area (Å²) in [5.41, 5.74) is 1.91. The quantitative estimate of drug-likeness (QED) is 0.446. The van der Waals surface area contributed by atoms with Crippen LogP contribution in [0.2, 0.25) is 0 Å². The molecule has 170 valence electrons. The summed E-state index contributed by atoms with van der Waals surface area (Å²) < 4.78 is 62.3. The number of anilines is 1. The standard InChI is InChI=1S/C22H19F2N5O3S/c1-13-14(2)29(12-25-13)20-11-21(27-15(3)26-20)32-17-9-7-16(8-10-17)28-33(30,31)22-18(23)5-4-6-19(22)24/h4-12,28H,1-3H3. The van der Waals surface area contributed by atoms with Gasteiger partial charge in [0.15, 0.2) is 4.90 Å². The molecule has 0 spiro atoms. The van der Waals surface area contributed by atoms with Crippen molar-refractivity contribution in [2.75, 3.05) is 4.72 Å². The zero-order valence-electron chi connectivity index (χ0n) is 17.9. The first-order valence-electron chi connectivity index (χ1n) is 9.75. The Morgan fingerprint density at radius 3 is 2.24 bits per heavy atom. The van der Waals surface area contributed by atoms with E-state index in [4.69, 9.17) is 4.74 Å². The molecule has 0 radical (unpaired) electrons. The molecule has 0 bridgehead atoms. The molecule has 11 heteroatoms. The highest BCUT2D eigenvalue weighted by atomic mass is 32.2. The van der Waals surface area contributed by atoms with E-state index in [1.165, 1.54) is 24.3 Å². The number of nitrogens with zero attached hydrogens (tertiary/aromatic N) is 4. The Labute approximate surface area is 189 Å². The highest BCUT2D eigenvalue weighted by Crippen LogP contribution is 2.26. The summed E-state index contributed by atoms with van der Waals surface area (Å²) in [7, 11) is -4.46. The lowest BCUT2D eigenvalue weighted by molar-refractivity contribution is 0.459. The van der Waals surface area contributed by atoms with Gasteiger partial charge in [0.05, 0.1) is 5.69 Å². The van der Waals surface area contributed by atoms with Gasteiger partial charge in [0, 0.05) is 17.4 Å². The van der Waals surface area contributed by atoms with Gasteiger partial charge in [-0.3, -0.25) is 9.29 Å². The third kappa shape index (κ3) is 4.67. The van der Waals surface area contributed by atoms with E-state index < -0.39 is 26.6 Å². The van der Waals surface area contributed by atoms with E-state index in [1.807, 2.05) is 18.4 Å². The molecule has 0 saturated heterocycles. The van der Waals surface area contributed by atoms with Gasteiger partial charge in [-0.05, 0) is 57.2 Å². The normalized spacial score (nSPS) is 11.4. The first-order valence-corrected chi connectivity index (χ1v) is 11.2. The zero-order chi connectivity index (χ0) is 23.8. The molecule has 0 aliphatic heterocycles. The SMILES string of the molecule is Cc1nc(Oc2ccc(NS(=O)(=O)c3c(F)cccc3F)cc2)cc(-n2cnc(C)c2C)n1. The second kappa shape index (κ2) is 8.58. The van der Waals surface area contributed by atoms with E-state index in [0.29, 0.717) is 17.4 Å². The molecule has 1 N–H and O–H groups in total. The van der Waals surface area contributed by atoms with Gasteiger partial charge in [0.25, 0.3) is 10.0 Å². The van der Waals surface area contributed by atoms with E-state index in [2.05, 4.69) is 19.7 Å². The number of ether oxygens (including phenoxy) is 1. The lowest BCUT2D eigenvalue weighted by Crippen LogP contribution is -2.16. The fourth-order valence-corrected chi connectivity index (χ4v) is 4.29. The molecule has 0 atom stereocenters. The highest BCUT2D eigenvalue weighted by molar-refractivity contribution is 7.92. The molecule has 33 heavy (non-hydrogen) atoms. The number of sulfonamides is 1. The predicted molar refractivity (Wildman–Crippen MR) is 117 cm³/mol. The van der Waals surface area contributed by atoms with Gasteiger partial charge in [-0.2, -0.15) is 4.98 Å². The summed E-state index contributed by atoms with van der Waals surface area (Å²) in [4.78, 5) is 11.9. The number of aryl methyl sites for hydroxylation is 2. The van der Waals surface area contributed by atoms with Crippen molar-refractivity contribution in [1.82, 2.24) is 19.5 Å². The molecular formula is C22H19F2N5O3S. The van der Waals surface area contributed by atoms with Gasteiger partial charge in [-0.15, -0.1) is 0 Å². The second-order valence-electron chi connectivity index (χ2n) is 7.18. The Kier molecular flexibility index (Phi) is 5.81. The summed E-state index contributed by atoms with van der Waals surface area (Å²) in [5, 5.41) is 0. The Hall–Kier alpha value is -3.86. The predicted octanol–water partition coefficient (Wildman–Crippen LogP) is 4.46. The average molecular weight is 471 g/mol. The molecule has 0 amide bonds. The smallest absolute Gasteiger partial charge is 0.267 e. The average Bonchev–Trinajstić information content (AvgIpc) is 3.07. The van der Waals surface area contributed by atoms with Crippen LogP contribution in [0, 0.1) is 32.4 Å². The Balaban J connectivity index is 1.54. The molecule has 4 aromatic rings. The molecule has 2 aromatic carbocycles. The Morgan fingerprint density at radius 1 is 0.970 bits per heavy atom. The molecule has 4 rings (SSSR count). The first-order chi connectivity index (χ1) is 15.6. The summed E-state index contributed by atoms with van der Waals surface area (Å²) in [6.45, 7) is 5.55. The molecule has 0 aliphatic rings. The zero-order valence-corrected chi connectivity index (χ0v) is 18.7. The van der Waals surface area contributed by atoms with E-state index in [0.717, 1.165) is 29.6 Å². The Bertz CT molecular complexity index is 1420. The molecule has 8 nitrogen and oxygen atoms in total. The number of hydrogen-bond acceptors (Lipinski definition) is 6. The van der Waals surface area contributed by atoms with Gasteiger partial charge >= 0.3 is 0 Å². The van der Waals surface area contributed by atoms with Crippen LogP contribution in [0.5, 0.6) is 11.6 Å². The lowest BCUT2D eigenvalue weighted by atomic mass is 10.3. The monoisotopic (exact) mass is 471 g/mol. The number of aromatic nitrogens is 4. The molecule has 2 aromatic heterocycles. The van der Waals surface area contributed by atoms with Crippen LogP contribution in [0.3, 0.4) is 0 Å². The van der Waals surface area contributed by atoms with Crippen LogP contribution < -0.4 is 9.46 Å². The minimum atomic E-state index is -4.46. The van der Waals surface area contributed by atoms with Gasteiger partial charge < -0.3 is 4.74 Å². The maximum atomic E-state index is 13.9. The molecule has 0 saturated carbocycles. The topological polar surface area (TPSA) is 99.0 Å². The van der Waals surface area contributed by atoms with Crippen molar-refractivity contribution < 1.29 is 21.9 Å². The molecule has 0 fully saturated rings. The van der Waals surface area contributed by atoms with Crippen molar-refractivity contribution >= 4 is 15.7 Å². The second-order valence-corrected chi connectivity index (χ2v) is 8.80. The number of benzene rings is 2. The van der Waals surface area contributed by atoms with Crippen LogP contribution >= 0.6 is 0 Å². The minimum absolute atomic E-state index is 0.106. The lowest BCUT2D eigenvalue weighted by Gasteiger charge is -2.11. The Morgan fingerprint density at radius 2 is 1.64 bits per heavy atom. The fourth-order valence-electron chi connectivity index (χ4n) is 3.09.